The molecule has 1 atom stereocenters. The Kier molecular flexibility index (Phi) is 8.33. The minimum absolute atomic E-state index is 0.419. The highest BCUT2D eigenvalue weighted by Gasteiger charge is 2.09. The fraction of sp³-hybridized carbons (Fsp3) is 0.333. The highest BCUT2D eigenvalue weighted by Crippen LogP contribution is 2.16. The monoisotopic (exact) mass is 430 g/mol. The Hall–Kier alpha value is -2.34. The van der Waals surface area contributed by atoms with Crippen LogP contribution in [0.3, 0.4) is 0 Å². The molecule has 0 saturated heterocycles. The average molecular weight is 431 g/mol. The topological polar surface area (TPSA) is 79.5 Å². The van der Waals surface area contributed by atoms with Gasteiger partial charge in [0, 0.05) is 30.2 Å². The van der Waals surface area contributed by atoms with Crippen LogP contribution in [0.1, 0.15) is 34.8 Å². The van der Waals surface area contributed by atoms with E-state index in [0.29, 0.717) is 18.0 Å². The van der Waals surface area contributed by atoms with Crippen LogP contribution in [-0.2, 0) is 13.0 Å². The maximum Gasteiger partial charge on any atom is 0.248 e. The van der Waals surface area contributed by atoms with Gasteiger partial charge in [0.1, 0.15) is 0 Å². The van der Waals surface area contributed by atoms with Crippen LogP contribution in [0.2, 0.25) is 0 Å². The summed E-state index contributed by atoms with van der Waals surface area (Å²) in [5, 5.41) is 6.68. The molecule has 0 radical (unpaired) electrons. The van der Waals surface area contributed by atoms with Crippen molar-refractivity contribution in [1.29, 1.82) is 0 Å². The second kappa shape index (κ2) is 10.7. The van der Waals surface area contributed by atoms with E-state index in [-0.39, 0.29) is 0 Å². The molecule has 0 aliphatic rings. The molecule has 0 saturated carbocycles. The number of guanidine groups is 1. The molecule has 0 aliphatic heterocycles. The molecule has 0 aromatic heterocycles. The number of aliphatic imine (C=N–C) groups is 1. The van der Waals surface area contributed by atoms with Crippen molar-refractivity contribution in [2.45, 2.75) is 26.3 Å². The van der Waals surface area contributed by atoms with Gasteiger partial charge in [0.05, 0.1) is 0 Å². The maximum atomic E-state index is 11.3. The predicted molar refractivity (Wildman–Crippen MR) is 115 cm³/mol. The Bertz CT molecular complexity index is 791. The predicted octanol–water partition coefficient (Wildman–Crippen LogP) is 3.48. The molecule has 1 amide bonds. The smallest absolute Gasteiger partial charge is 0.248 e. The van der Waals surface area contributed by atoms with E-state index in [1.54, 1.807) is 19.2 Å². The second-order valence-corrected chi connectivity index (χ2v) is 7.40. The van der Waals surface area contributed by atoms with Crippen molar-refractivity contribution >= 4 is 27.8 Å². The molecular weight excluding hydrogens is 404 g/mol. The lowest BCUT2D eigenvalue weighted by molar-refractivity contribution is 0.1000. The molecule has 6 heteroatoms. The molecule has 2 rings (SSSR count). The number of carbonyl (C=O) groups excluding carboxylic acids is 1. The van der Waals surface area contributed by atoms with Gasteiger partial charge in [0.2, 0.25) is 5.91 Å². The summed E-state index contributed by atoms with van der Waals surface area (Å²) < 4.78 is 1.11. The number of nitrogens with one attached hydrogen (secondary N) is 2. The Balaban J connectivity index is 1.86. The number of nitrogens with two attached hydrogens (primary N) is 1. The third-order valence-corrected chi connectivity index (χ3v) is 4.94. The zero-order chi connectivity index (χ0) is 19.6. The minimum atomic E-state index is -0.419. The van der Waals surface area contributed by atoms with Gasteiger partial charge in [-0.25, -0.2) is 0 Å². The third-order valence-electron chi connectivity index (χ3n) is 4.44. The summed E-state index contributed by atoms with van der Waals surface area (Å²) in [6, 6.07) is 15.7. The Labute approximate surface area is 169 Å². The largest absolute Gasteiger partial charge is 0.366 e. The zero-order valence-electron chi connectivity index (χ0n) is 15.8. The van der Waals surface area contributed by atoms with Crippen molar-refractivity contribution < 1.29 is 4.79 Å². The molecule has 0 aliphatic carbocycles. The number of carbonyl (C=O) groups is 1. The summed E-state index contributed by atoms with van der Waals surface area (Å²) in [4.78, 5) is 15.6. The quantitative estimate of drug-likeness (QED) is 0.442. The van der Waals surface area contributed by atoms with Crippen LogP contribution >= 0.6 is 15.9 Å². The van der Waals surface area contributed by atoms with Crippen LogP contribution in [0, 0.1) is 5.92 Å². The van der Waals surface area contributed by atoms with E-state index in [9.17, 15) is 4.79 Å². The van der Waals surface area contributed by atoms with Gasteiger partial charge in [-0.1, -0.05) is 53.5 Å². The zero-order valence-corrected chi connectivity index (χ0v) is 17.4. The number of rotatable bonds is 8. The van der Waals surface area contributed by atoms with E-state index in [0.717, 1.165) is 35.4 Å². The van der Waals surface area contributed by atoms with E-state index in [1.165, 1.54) is 5.56 Å². The number of benzene rings is 2. The standard InChI is InChI=1S/C21H27BrN4O/c1-3-15(10-16-6-5-9-19(22)12-16)13-25-21(24-2)26-14-17-7-4-8-18(11-17)20(23)27/h4-9,11-12,15H,3,10,13-14H2,1-2H3,(H2,23,27)(H2,24,25,26). The molecule has 27 heavy (non-hydrogen) atoms. The van der Waals surface area contributed by atoms with Gasteiger partial charge in [0.15, 0.2) is 5.96 Å². The summed E-state index contributed by atoms with van der Waals surface area (Å²) in [6.45, 7) is 3.61. The molecule has 5 nitrogen and oxygen atoms in total. The highest BCUT2D eigenvalue weighted by molar-refractivity contribution is 9.10. The van der Waals surface area contributed by atoms with E-state index in [1.807, 2.05) is 18.2 Å². The van der Waals surface area contributed by atoms with E-state index >= 15 is 0 Å². The lowest BCUT2D eigenvalue weighted by Gasteiger charge is -2.18. The molecule has 0 spiro atoms. The summed E-state index contributed by atoms with van der Waals surface area (Å²) in [7, 11) is 1.75. The molecule has 1 unspecified atom stereocenters. The lowest BCUT2D eigenvalue weighted by atomic mass is 9.97. The normalized spacial score (nSPS) is 12.5. The molecule has 144 valence electrons. The number of hydrogen-bond donors (Lipinski definition) is 3. The summed E-state index contributed by atoms with van der Waals surface area (Å²) in [5.74, 6) is 0.834. The molecule has 2 aromatic carbocycles. The van der Waals surface area contributed by atoms with Crippen molar-refractivity contribution in [3.63, 3.8) is 0 Å². The van der Waals surface area contributed by atoms with Crippen molar-refractivity contribution in [1.82, 2.24) is 10.6 Å². The number of nitrogens with zero attached hydrogens (tertiary/aromatic N) is 1. The fourth-order valence-electron chi connectivity index (χ4n) is 2.84. The van der Waals surface area contributed by atoms with Gasteiger partial charge in [-0.05, 0) is 47.7 Å². The van der Waals surface area contributed by atoms with Crippen molar-refractivity contribution in [3.8, 4) is 0 Å². The lowest BCUT2D eigenvalue weighted by Crippen LogP contribution is -2.39. The molecule has 0 heterocycles. The second-order valence-electron chi connectivity index (χ2n) is 6.48. The number of primary amides is 1. The first-order valence-corrected chi connectivity index (χ1v) is 9.88. The van der Waals surface area contributed by atoms with Crippen molar-refractivity contribution in [3.05, 3.63) is 69.7 Å². The molecule has 0 fully saturated rings. The van der Waals surface area contributed by atoms with Gasteiger partial charge in [0.25, 0.3) is 0 Å². The van der Waals surface area contributed by atoms with Crippen LogP contribution < -0.4 is 16.4 Å². The number of hydrogen-bond acceptors (Lipinski definition) is 2. The van der Waals surface area contributed by atoms with Gasteiger partial charge >= 0.3 is 0 Å². The van der Waals surface area contributed by atoms with Gasteiger partial charge in [-0.3, -0.25) is 9.79 Å². The minimum Gasteiger partial charge on any atom is -0.366 e. The first-order chi connectivity index (χ1) is 13.0. The van der Waals surface area contributed by atoms with Crippen LogP contribution in [0.5, 0.6) is 0 Å². The number of amides is 1. The van der Waals surface area contributed by atoms with Crippen molar-refractivity contribution in [2.24, 2.45) is 16.6 Å². The van der Waals surface area contributed by atoms with Crippen LogP contribution in [-0.4, -0.2) is 25.5 Å². The maximum absolute atomic E-state index is 11.3. The third kappa shape index (κ3) is 7.06. The Morgan fingerprint density at radius 1 is 1.15 bits per heavy atom. The van der Waals surface area contributed by atoms with Gasteiger partial charge in [-0.2, -0.15) is 0 Å². The fourth-order valence-corrected chi connectivity index (χ4v) is 3.29. The van der Waals surface area contributed by atoms with Crippen LogP contribution in [0.25, 0.3) is 0 Å². The number of halogens is 1. The van der Waals surface area contributed by atoms with Gasteiger partial charge in [-0.15, -0.1) is 0 Å². The first kappa shape index (κ1) is 21.0. The van der Waals surface area contributed by atoms with Gasteiger partial charge < -0.3 is 16.4 Å². The van der Waals surface area contributed by atoms with Crippen molar-refractivity contribution in [2.75, 3.05) is 13.6 Å². The summed E-state index contributed by atoms with van der Waals surface area (Å²) in [6.07, 6.45) is 2.09. The van der Waals surface area contributed by atoms with E-state index in [4.69, 9.17) is 5.73 Å². The summed E-state index contributed by atoms with van der Waals surface area (Å²) in [5.41, 5.74) is 8.15. The van der Waals surface area contributed by atoms with Crippen LogP contribution in [0.4, 0.5) is 0 Å². The molecule has 4 N–H and O–H groups in total. The molecule has 2 aromatic rings. The summed E-state index contributed by atoms with van der Waals surface area (Å²) >= 11 is 3.53. The Morgan fingerprint density at radius 3 is 2.56 bits per heavy atom. The Morgan fingerprint density at radius 2 is 1.89 bits per heavy atom. The van der Waals surface area contributed by atoms with Crippen LogP contribution in [0.15, 0.2) is 58.0 Å². The molecule has 0 bridgehead atoms. The first-order valence-electron chi connectivity index (χ1n) is 9.09. The van der Waals surface area contributed by atoms with E-state index in [2.05, 4.69) is 56.7 Å². The van der Waals surface area contributed by atoms with E-state index < -0.39 is 5.91 Å². The SMILES string of the molecule is CCC(CNC(=NC)NCc1cccc(C(N)=O)c1)Cc1cccc(Br)c1. The molecular formula is C21H27BrN4O. The highest BCUT2D eigenvalue weighted by atomic mass is 79.9. The average Bonchev–Trinajstić information content (AvgIpc) is 2.67.